The zero-order valence-electron chi connectivity index (χ0n) is 19.2. The number of rotatable bonds is 6. The third-order valence-corrected chi connectivity index (χ3v) is 5.90. The standard InChI is InChI=1S/C27H27N3O4/c1-18(31)28-20-8-10-21(11-9-20)29-27(33)24-16-17-25(32)30(22-12-14-23(34-2)15-13-22)26(24)19-6-4-3-5-7-19/h3-15,24,26H,16-17H2,1-2H3,(H,28,31)(H,29,33)/t24-,26-/m0/s1. The Balaban J connectivity index is 1.64. The van der Waals surface area contributed by atoms with E-state index < -0.39 is 12.0 Å². The lowest BCUT2D eigenvalue weighted by molar-refractivity contribution is -0.126. The third kappa shape index (κ3) is 5.09. The highest BCUT2D eigenvalue weighted by Crippen LogP contribution is 2.40. The highest BCUT2D eigenvalue weighted by atomic mass is 16.5. The van der Waals surface area contributed by atoms with Crippen molar-refractivity contribution >= 4 is 34.8 Å². The Morgan fingerprint density at radius 2 is 1.50 bits per heavy atom. The number of methoxy groups -OCH3 is 1. The van der Waals surface area contributed by atoms with Crippen molar-refractivity contribution in [3.63, 3.8) is 0 Å². The second kappa shape index (κ2) is 10.2. The summed E-state index contributed by atoms with van der Waals surface area (Å²) in [5, 5.41) is 5.70. The molecule has 3 aromatic carbocycles. The second-order valence-corrected chi connectivity index (χ2v) is 8.21. The Kier molecular flexibility index (Phi) is 6.92. The molecule has 7 heteroatoms. The predicted octanol–water partition coefficient (Wildman–Crippen LogP) is 4.78. The monoisotopic (exact) mass is 457 g/mol. The van der Waals surface area contributed by atoms with Gasteiger partial charge < -0.3 is 20.3 Å². The van der Waals surface area contributed by atoms with Gasteiger partial charge in [-0.05, 0) is 60.5 Å². The fraction of sp³-hybridized carbons (Fsp3) is 0.222. The van der Waals surface area contributed by atoms with Gasteiger partial charge in [0.1, 0.15) is 5.75 Å². The van der Waals surface area contributed by atoms with Crippen LogP contribution in [0.15, 0.2) is 78.9 Å². The van der Waals surface area contributed by atoms with Gasteiger partial charge in [-0.1, -0.05) is 30.3 Å². The predicted molar refractivity (Wildman–Crippen MR) is 132 cm³/mol. The normalized spacial score (nSPS) is 17.7. The number of piperidine rings is 1. The molecule has 0 saturated carbocycles. The van der Waals surface area contributed by atoms with Crippen LogP contribution in [0.4, 0.5) is 17.1 Å². The van der Waals surface area contributed by atoms with Crippen molar-refractivity contribution in [1.82, 2.24) is 0 Å². The fourth-order valence-electron chi connectivity index (χ4n) is 4.32. The minimum absolute atomic E-state index is 0.0253. The van der Waals surface area contributed by atoms with Crippen LogP contribution in [-0.2, 0) is 14.4 Å². The molecule has 4 rings (SSSR count). The van der Waals surface area contributed by atoms with Gasteiger partial charge in [0, 0.05) is 30.4 Å². The summed E-state index contributed by atoms with van der Waals surface area (Å²) in [6.07, 6.45) is 0.718. The van der Waals surface area contributed by atoms with Gasteiger partial charge in [-0.3, -0.25) is 14.4 Å². The van der Waals surface area contributed by atoms with E-state index in [0.717, 1.165) is 11.3 Å². The van der Waals surface area contributed by atoms with Crippen LogP contribution in [0.1, 0.15) is 31.4 Å². The summed E-state index contributed by atoms with van der Waals surface area (Å²) in [5.41, 5.74) is 2.89. The van der Waals surface area contributed by atoms with Gasteiger partial charge in [0.05, 0.1) is 19.1 Å². The van der Waals surface area contributed by atoms with E-state index in [-0.39, 0.29) is 24.1 Å². The molecule has 0 aromatic heterocycles. The van der Waals surface area contributed by atoms with Crippen molar-refractivity contribution in [1.29, 1.82) is 0 Å². The molecule has 1 heterocycles. The van der Waals surface area contributed by atoms with E-state index in [0.29, 0.717) is 23.5 Å². The van der Waals surface area contributed by atoms with E-state index in [1.165, 1.54) is 6.92 Å². The summed E-state index contributed by atoms with van der Waals surface area (Å²) in [4.78, 5) is 39.5. The van der Waals surface area contributed by atoms with Crippen molar-refractivity contribution in [3.8, 4) is 5.75 Å². The first-order chi connectivity index (χ1) is 16.5. The minimum Gasteiger partial charge on any atom is -0.497 e. The minimum atomic E-state index is -0.450. The zero-order valence-corrected chi connectivity index (χ0v) is 19.2. The highest BCUT2D eigenvalue weighted by molar-refractivity contribution is 6.00. The van der Waals surface area contributed by atoms with E-state index in [2.05, 4.69) is 10.6 Å². The lowest BCUT2D eigenvalue weighted by atomic mass is 9.83. The van der Waals surface area contributed by atoms with Crippen LogP contribution in [0.2, 0.25) is 0 Å². The Bertz CT molecular complexity index is 1160. The number of carbonyl (C=O) groups is 3. The van der Waals surface area contributed by atoms with E-state index in [9.17, 15) is 14.4 Å². The van der Waals surface area contributed by atoms with Crippen LogP contribution in [0.5, 0.6) is 5.75 Å². The molecule has 3 aromatic rings. The summed E-state index contributed by atoms with van der Waals surface area (Å²) in [5.74, 6) is -0.0958. The highest BCUT2D eigenvalue weighted by Gasteiger charge is 2.41. The molecule has 174 valence electrons. The summed E-state index contributed by atoms with van der Waals surface area (Å²) >= 11 is 0. The van der Waals surface area contributed by atoms with Gasteiger partial charge in [-0.15, -0.1) is 0 Å². The molecular weight excluding hydrogens is 430 g/mol. The topological polar surface area (TPSA) is 87.7 Å². The second-order valence-electron chi connectivity index (χ2n) is 8.21. The first-order valence-electron chi connectivity index (χ1n) is 11.2. The molecule has 0 unspecified atom stereocenters. The number of hydrogen-bond donors (Lipinski definition) is 2. The van der Waals surface area contributed by atoms with Gasteiger partial charge in [0.2, 0.25) is 17.7 Å². The summed E-state index contributed by atoms with van der Waals surface area (Å²) in [6.45, 7) is 1.44. The van der Waals surface area contributed by atoms with Crippen molar-refractivity contribution in [2.24, 2.45) is 5.92 Å². The average molecular weight is 458 g/mol. The Labute approximate surface area is 198 Å². The molecule has 0 bridgehead atoms. The van der Waals surface area contributed by atoms with Crippen LogP contribution in [-0.4, -0.2) is 24.8 Å². The first-order valence-corrected chi connectivity index (χ1v) is 11.2. The number of amides is 3. The van der Waals surface area contributed by atoms with Crippen molar-refractivity contribution < 1.29 is 19.1 Å². The molecule has 3 amide bonds. The number of ether oxygens (including phenoxy) is 1. The zero-order chi connectivity index (χ0) is 24.1. The number of anilines is 3. The van der Waals surface area contributed by atoms with Crippen LogP contribution >= 0.6 is 0 Å². The largest absolute Gasteiger partial charge is 0.497 e. The molecule has 1 aliphatic heterocycles. The van der Waals surface area contributed by atoms with Gasteiger partial charge in [0.15, 0.2) is 0 Å². The van der Waals surface area contributed by atoms with E-state index in [1.807, 2.05) is 54.6 Å². The van der Waals surface area contributed by atoms with Crippen LogP contribution in [0.3, 0.4) is 0 Å². The molecule has 0 spiro atoms. The maximum atomic E-state index is 13.5. The van der Waals surface area contributed by atoms with Crippen molar-refractivity contribution in [2.45, 2.75) is 25.8 Å². The quantitative estimate of drug-likeness (QED) is 0.558. The molecular formula is C27H27N3O4. The SMILES string of the molecule is COc1ccc(N2C(=O)CC[C@H](C(=O)Nc3ccc(NC(C)=O)cc3)[C@@H]2c2ccccc2)cc1. The Morgan fingerprint density at radius 3 is 2.09 bits per heavy atom. The van der Waals surface area contributed by atoms with Gasteiger partial charge in [-0.2, -0.15) is 0 Å². The molecule has 34 heavy (non-hydrogen) atoms. The lowest BCUT2D eigenvalue weighted by Crippen LogP contribution is -2.46. The molecule has 2 atom stereocenters. The lowest BCUT2D eigenvalue weighted by Gasteiger charge is -2.41. The van der Waals surface area contributed by atoms with Gasteiger partial charge >= 0.3 is 0 Å². The molecule has 1 saturated heterocycles. The van der Waals surface area contributed by atoms with Crippen LogP contribution in [0.25, 0.3) is 0 Å². The molecule has 0 radical (unpaired) electrons. The number of nitrogens with zero attached hydrogens (tertiary/aromatic N) is 1. The van der Waals surface area contributed by atoms with Gasteiger partial charge in [-0.25, -0.2) is 0 Å². The fourth-order valence-corrected chi connectivity index (χ4v) is 4.32. The summed E-state index contributed by atoms with van der Waals surface area (Å²) in [6, 6.07) is 23.5. The number of benzene rings is 3. The molecule has 2 N–H and O–H groups in total. The third-order valence-electron chi connectivity index (χ3n) is 5.90. The molecule has 7 nitrogen and oxygen atoms in total. The smallest absolute Gasteiger partial charge is 0.229 e. The summed E-state index contributed by atoms with van der Waals surface area (Å²) in [7, 11) is 1.59. The Morgan fingerprint density at radius 1 is 0.882 bits per heavy atom. The number of hydrogen-bond acceptors (Lipinski definition) is 4. The van der Waals surface area contributed by atoms with Crippen LogP contribution in [0, 0.1) is 5.92 Å². The number of nitrogens with one attached hydrogen (secondary N) is 2. The number of carbonyl (C=O) groups excluding carboxylic acids is 3. The van der Waals surface area contributed by atoms with Crippen molar-refractivity contribution in [3.05, 3.63) is 84.4 Å². The maximum Gasteiger partial charge on any atom is 0.229 e. The van der Waals surface area contributed by atoms with E-state index in [4.69, 9.17) is 4.74 Å². The summed E-state index contributed by atoms with van der Waals surface area (Å²) < 4.78 is 5.26. The Hall–Kier alpha value is -4.13. The van der Waals surface area contributed by atoms with Gasteiger partial charge in [0.25, 0.3) is 0 Å². The maximum absolute atomic E-state index is 13.5. The molecule has 1 aliphatic rings. The average Bonchev–Trinajstić information content (AvgIpc) is 2.85. The molecule has 1 fully saturated rings. The van der Waals surface area contributed by atoms with E-state index in [1.54, 1.807) is 36.3 Å². The first kappa shape index (κ1) is 23.0. The van der Waals surface area contributed by atoms with E-state index >= 15 is 0 Å². The van der Waals surface area contributed by atoms with Crippen LogP contribution < -0.4 is 20.3 Å². The molecule has 0 aliphatic carbocycles. The van der Waals surface area contributed by atoms with Crippen molar-refractivity contribution in [2.75, 3.05) is 22.6 Å².